The van der Waals surface area contributed by atoms with Gasteiger partial charge in [-0.2, -0.15) is 0 Å². The van der Waals surface area contributed by atoms with Crippen LogP contribution in [0.15, 0.2) is 24.3 Å². The first kappa shape index (κ1) is 13.5. The largest absolute Gasteiger partial charge is 0.494 e. The lowest BCUT2D eigenvalue weighted by molar-refractivity contribution is 0.0600. The van der Waals surface area contributed by atoms with Crippen molar-refractivity contribution >= 4 is 5.97 Å². The van der Waals surface area contributed by atoms with Crippen LogP contribution < -0.4 is 4.74 Å². The Bertz CT molecular complexity index is 332. The summed E-state index contributed by atoms with van der Waals surface area (Å²) in [5, 5.41) is 0. The highest BCUT2D eigenvalue weighted by Crippen LogP contribution is 2.12. The summed E-state index contributed by atoms with van der Waals surface area (Å²) < 4.78 is 15.3. The Labute approximate surface area is 101 Å². The number of carbonyl (C=O) groups excluding carboxylic acids is 1. The molecule has 1 rings (SSSR count). The van der Waals surface area contributed by atoms with Crippen LogP contribution in [-0.4, -0.2) is 32.9 Å². The lowest BCUT2D eigenvalue weighted by Crippen LogP contribution is -2.04. The molecular weight excluding hydrogens is 220 g/mol. The second-order valence-corrected chi connectivity index (χ2v) is 3.41. The molecule has 4 nitrogen and oxygen atoms in total. The van der Waals surface area contributed by atoms with Gasteiger partial charge in [0.25, 0.3) is 0 Å². The first-order chi connectivity index (χ1) is 8.27. The molecule has 0 saturated heterocycles. The van der Waals surface area contributed by atoms with E-state index in [2.05, 4.69) is 4.74 Å². The third-order valence-electron chi connectivity index (χ3n) is 2.18. The number of hydrogen-bond donors (Lipinski definition) is 0. The summed E-state index contributed by atoms with van der Waals surface area (Å²) in [4.78, 5) is 11.2. The fourth-order valence-corrected chi connectivity index (χ4v) is 1.30. The standard InChI is InChI=1S/C13H18O4/c1-3-16-9-4-10-17-12-7-5-11(6-8-12)13(14)15-2/h5-8H,3-4,9-10H2,1-2H3. The summed E-state index contributed by atoms with van der Waals surface area (Å²) in [5.74, 6) is 0.405. The molecule has 0 fully saturated rings. The summed E-state index contributed by atoms with van der Waals surface area (Å²) in [5.41, 5.74) is 0.522. The highest BCUT2D eigenvalue weighted by molar-refractivity contribution is 5.89. The first-order valence-electron chi connectivity index (χ1n) is 5.67. The van der Waals surface area contributed by atoms with Crippen molar-refractivity contribution in [1.29, 1.82) is 0 Å². The molecule has 0 N–H and O–H groups in total. The van der Waals surface area contributed by atoms with E-state index in [1.165, 1.54) is 7.11 Å². The molecule has 1 aromatic rings. The Morgan fingerprint density at radius 2 is 1.88 bits per heavy atom. The Morgan fingerprint density at radius 3 is 2.47 bits per heavy atom. The van der Waals surface area contributed by atoms with Gasteiger partial charge in [0.15, 0.2) is 0 Å². The normalized spacial score (nSPS) is 10.0. The van der Waals surface area contributed by atoms with Crippen molar-refractivity contribution in [1.82, 2.24) is 0 Å². The molecule has 4 heteroatoms. The SMILES string of the molecule is CCOCCCOc1ccc(C(=O)OC)cc1. The Morgan fingerprint density at radius 1 is 1.18 bits per heavy atom. The van der Waals surface area contributed by atoms with Crippen molar-refractivity contribution in [3.05, 3.63) is 29.8 Å². The smallest absolute Gasteiger partial charge is 0.337 e. The minimum absolute atomic E-state index is 0.340. The average molecular weight is 238 g/mol. The van der Waals surface area contributed by atoms with E-state index in [4.69, 9.17) is 9.47 Å². The van der Waals surface area contributed by atoms with Crippen LogP contribution in [0.4, 0.5) is 0 Å². The molecule has 0 amide bonds. The molecule has 0 unspecified atom stereocenters. The van der Waals surface area contributed by atoms with Crippen LogP contribution in [0.2, 0.25) is 0 Å². The minimum atomic E-state index is -0.340. The number of carbonyl (C=O) groups is 1. The van der Waals surface area contributed by atoms with Crippen LogP contribution in [0, 0.1) is 0 Å². The van der Waals surface area contributed by atoms with Crippen molar-refractivity contribution in [3.8, 4) is 5.75 Å². The maximum absolute atomic E-state index is 11.2. The van der Waals surface area contributed by atoms with Crippen LogP contribution in [0.5, 0.6) is 5.75 Å². The summed E-state index contributed by atoms with van der Waals surface area (Å²) in [6.45, 7) is 4.01. The number of ether oxygens (including phenoxy) is 3. The van der Waals surface area contributed by atoms with Gasteiger partial charge in [-0.25, -0.2) is 4.79 Å². The lowest BCUT2D eigenvalue weighted by atomic mass is 10.2. The van der Waals surface area contributed by atoms with E-state index in [0.717, 1.165) is 18.8 Å². The monoisotopic (exact) mass is 238 g/mol. The predicted octanol–water partition coefficient (Wildman–Crippen LogP) is 2.28. The molecule has 0 radical (unpaired) electrons. The molecule has 0 aliphatic carbocycles. The van der Waals surface area contributed by atoms with Crippen LogP contribution in [0.1, 0.15) is 23.7 Å². The van der Waals surface area contributed by atoms with E-state index < -0.39 is 0 Å². The second kappa shape index (κ2) is 7.68. The molecule has 0 spiro atoms. The van der Waals surface area contributed by atoms with Gasteiger partial charge in [-0.3, -0.25) is 0 Å². The third-order valence-corrected chi connectivity index (χ3v) is 2.18. The molecule has 0 atom stereocenters. The molecular formula is C13H18O4. The molecule has 17 heavy (non-hydrogen) atoms. The number of rotatable bonds is 7. The van der Waals surface area contributed by atoms with E-state index in [1.807, 2.05) is 6.92 Å². The van der Waals surface area contributed by atoms with Crippen LogP contribution in [-0.2, 0) is 9.47 Å². The van der Waals surface area contributed by atoms with Gasteiger partial charge in [0.05, 0.1) is 19.3 Å². The highest BCUT2D eigenvalue weighted by Gasteiger charge is 2.04. The zero-order valence-electron chi connectivity index (χ0n) is 10.3. The Balaban J connectivity index is 2.33. The minimum Gasteiger partial charge on any atom is -0.494 e. The van der Waals surface area contributed by atoms with Crippen molar-refractivity contribution in [2.24, 2.45) is 0 Å². The van der Waals surface area contributed by atoms with Gasteiger partial charge in [-0.15, -0.1) is 0 Å². The van der Waals surface area contributed by atoms with E-state index >= 15 is 0 Å². The van der Waals surface area contributed by atoms with E-state index in [9.17, 15) is 4.79 Å². The molecule has 1 aromatic carbocycles. The average Bonchev–Trinajstić information content (AvgIpc) is 2.38. The molecule has 94 valence electrons. The van der Waals surface area contributed by atoms with Crippen molar-refractivity contribution in [2.75, 3.05) is 26.9 Å². The Hall–Kier alpha value is -1.55. The van der Waals surface area contributed by atoms with Crippen LogP contribution in [0.25, 0.3) is 0 Å². The highest BCUT2D eigenvalue weighted by atomic mass is 16.5. The maximum Gasteiger partial charge on any atom is 0.337 e. The van der Waals surface area contributed by atoms with E-state index in [1.54, 1.807) is 24.3 Å². The maximum atomic E-state index is 11.2. The van der Waals surface area contributed by atoms with E-state index in [-0.39, 0.29) is 5.97 Å². The molecule has 0 aliphatic rings. The quantitative estimate of drug-likeness (QED) is 0.540. The van der Waals surface area contributed by atoms with Gasteiger partial charge in [-0.05, 0) is 31.2 Å². The van der Waals surface area contributed by atoms with Crippen LogP contribution in [0.3, 0.4) is 0 Å². The van der Waals surface area contributed by atoms with Gasteiger partial charge < -0.3 is 14.2 Å². The fraction of sp³-hybridized carbons (Fsp3) is 0.462. The van der Waals surface area contributed by atoms with Crippen LogP contribution >= 0.6 is 0 Å². The molecule has 0 aromatic heterocycles. The third kappa shape index (κ3) is 4.87. The Kier molecular flexibility index (Phi) is 6.10. The molecule has 0 heterocycles. The first-order valence-corrected chi connectivity index (χ1v) is 5.67. The number of hydrogen-bond acceptors (Lipinski definition) is 4. The van der Waals surface area contributed by atoms with Gasteiger partial charge in [0.2, 0.25) is 0 Å². The number of methoxy groups -OCH3 is 1. The fourth-order valence-electron chi connectivity index (χ4n) is 1.30. The molecule has 0 aliphatic heterocycles. The molecule has 0 saturated carbocycles. The van der Waals surface area contributed by atoms with Crippen molar-refractivity contribution in [2.45, 2.75) is 13.3 Å². The zero-order chi connectivity index (χ0) is 12.5. The van der Waals surface area contributed by atoms with E-state index in [0.29, 0.717) is 18.8 Å². The molecule has 0 bridgehead atoms. The van der Waals surface area contributed by atoms with Gasteiger partial charge in [0.1, 0.15) is 5.75 Å². The second-order valence-electron chi connectivity index (χ2n) is 3.41. The van der Waals surface area contributed by atoms with Gasteiger partial charge in [0, 0.05) is 19.6 Å². The topological polar surface area (TPSA) is 44.8 Å². The summed E-state index contributed by atoms with van der Waals surface area (Å²) in [7, 11) is 1.36. The summed E-state index contributed by atoms with van der Waals surface area (Å²) >= 11 is 0. The number of esters is 1. The van der Waals surface area contributed by atoms with Gasteiger partial charge in [-0.1, -0.05) is 0 Å². The predicted molar refractivity (Wildman–Crippen MR) is 64.4 cm³/mol. The van der Waals surface area contributed by atoms with Crippen molar-refractivity contribution < 1.29 is 19.0 Å². The zero-order valence-corrected chi connectivity index (χ0v) is 10.3. The number of benzene rings is 1. The lowest BCUT2D eigenvalue weighted by Gasteiger charge is -2.06. The summed E-state index contributed by atoms with van der Waals surface area (Å²) in [6, 6.07) is 6.88. The summed E-state index contributed by atoms with van der Waals surface area (Å²) in [6.07, 6.45) is 0.854. The van der Waals surface area contributed by atoms with Crippen molar-refractivity contribution in [3.63, 3.8) is 0 Å². The van der Waals surface area contributed by atoms with Gasteiger partial charge >= 0.3 is 5.97 Å².